The normalized spacial score (nSPS) is 14.0. The number of phenolic OH excluding ortho intramolecular Hbond substituents is 1. The molecule has 0 spiro atoms. The number of alkyl halides is 3. The lowest BCUT2D eigenvalue weighted by Gasteiger charge is -2.37. The van der Waals surface area contributed by atoms with Gasteiger partial charge in [0.25, 0.3) is 0 Å². The molecule has 1 aromatic heterocycles. The maximum absolute atomic E-state index is 13.4. The molecule has 3 aromatic carbocycles. The summed E-state index contributed by atoms with van der Waals surface area (Å²) in [6, 6.07) is 16.5. The number of fused-ring (bicyclic) bond motifs is 1. The van der Waals surface area contributed by atoms with Gasteiger partial charge in [0.05, 0.1) is 5.56 Å². The number of aromatic nitrogens is 3. The van der Waals surface area contributed by atoms with Gasteiger partial charge in [0.2, 0.25) is 0 Å². The van der Waals surface area contributed by atoms with Gasteiger partial charge in [-0.05, 0) is 54.2 Å². The molecule has 0 fully saturated rings. The van der Waals surface area contributed by atoms with Gasteiger partial charge in [-0.25, -0.2) is 4.79 Å². The molecule has 1 atom stereocenters. The Hall–Kier alpha value is -4.14. The first-order chi connectivity index (χ1) is 19.8. The zero-order valence-electron chi connectivity index (χ0n) is 25.6. The number of nitrogens with zero attached hydrogens (tertiary/aromatic N) is 3. The lowest BCUT2D eigenvalue weighted by molar-refractivity contribution is -0.141. The van der Waals surface area contributed by atoms with E-state index in [0.29, 0.717) is 12.0 Å². The maximum atomic E-state index is 13.4. The van der Waals surface area contributed by atoms with Crippen LogP contribution in [-0.2, 0) is 26.5 Å². The highest BCUT2D eigenvalue weighted by atomic mass is 19.4. The van der Waals surface area contributed by atoms with Gasteiger partial charge >= 0.3 is 12.1 Å². The van der Waals surface area contributed by atoms with E-state index >= 15 is 0 Å². The fourth-order valence-corrected chi connectivity index (χ4v) is 5.56. The molecule has 1 unspecified atom stereocenters. The smallest absolute Gasteiger partial charge is 0.416 e. The maximum Gasteiger partial charge on any atom is 0.416 e. The van der Waals surface area contributed by atoms with Gasteiger partial charge in [-0.3, -0.25) is 0 Å². The lowest BCUT2D eigenvalue weighted by atomic mass is 9.69. The summed E-state index contributed by atoms with van der Waals surface area (Å²) in [5, 5.41) is 20.6. The van der Waals surface area contributed by atoms with Crippen LogP contribution >= 0.6 is 0 Å². The Labute approximate surface area is 250 Å². The monoisotopic (exact) mass is 593 g/mol. The Bertz CT molecular complexity index is 1670. The molecular weight excluding hydrogens is 555 g/mol. The first-order valence-corrected chi connectivity index (χ1v) is 14.0. The molecule has 0 bridgehead atoms. The van der Waals surface area contributed by atoms with Crippen molar-refractivity contribution in [3.63, 3.8) is 0 Å². The van der Waals surface area contributed by atoms with Crippen LogP contribution in [0.3, 0.4) is 0 Å². The van der Waals surface area contributed by atoms with E-state index < -0.39 is 28.5 Å². The van der Waals surface area contributed by atoms with Crippen LogP contribution in [0, 0.1) is 5.41 Å². The molecule has 4 aromatic rings. The molecule has 43 heavy (non-hydrogen) atoms. The van der Waals surface area contributed by atoms with Gasteiger partial charge in [-0.15, -0.1) is 15.0 Å². The van der Waals surface area contributed by atoms with Crippen LogP contribution < -0.4 is 0 Å². The largest absolute Gasteiger partial charge is 0.505 e. The van der Waals surface area contributed by atoms with E-state index in [0.717, 1.165) is 23.3 Å². The number of benzene rings is 3. The Morgan fingerprint density at radius 3 is 2.09 bits per heavy atom. The average molecular weight is 594 g/mol. The van der Waals surface area contributed by atoms with Gasteiger partial charge in [0.1, 0.15) is 29.1 Å². The van der Waals surface area contributed by atoms with Crippen LogP contribution in [0.2, 0.25) is 0 Å². The Morgan fingerprint density at radius 2 is 1.51 bits per heavy atom. The number of aromatic hydroxyl groups is 1. The molecule has 0 amide bonds. The molecule has 1 heterocycles. The van der Waals surface area contributed by atoms with Crippen LogP contribution in [-0.4, -0.2) is 32.7 Å². The predicted molar refractivity (Wildman–Crippen MR) is 161 cm³/mol. The summed E-state index contributed by atoms with van der Waals surface area (Å²) in [5.41, 5.74) is 0.549. The number of hydrogen-bond acceptors (Lipinski definition) is 5. The molecule has 1 N–H and O–H groups in total. The van der Waals surface area contributed by atoms with Crippen molar-refractivity contribution in [1.29, 1.82) is 0 Å². The van der Waals surface area contributed by atoms with E-state index in [2.05, 4.69) is 37.5 Å². The molecule has 0 aliphatic carbocycles. The third kappa shape index (κ3) is 6.76. The van der Waals surface area contributed by atoms with E-state index in [1.54, 1.807) is 13.0 Å². The molecular formula is C34H38F3N3O3. The molecule has 0 radical (unpaired) electrons. The van der Waals surface area contributed by atoms with Gasteiger partial charge in [0, 0.05) is 22.0 Å². The van der Waals surface area contributed by atoms with Crippen molar-refractivity contribution in [1.82, 2.24) is 15.0 Å². The molecule has 9 heteroatoms. The summed E-state index contributed by atoms with van der Waals surface area (Å²) in [5.74, 6) is -0.615. The third-order valence-electron chi connectivity index (χ3n) is 7.67. The second-order valence-electron chi connectivity index (χ2n) is 13.2. The van der Waals surface area contributed by atoms with Crippen LogP contribution in [0.4, 0.5) is 13.2 Å². The number of hydrogen-bond donors (Lipinski definition) is 1. The standard InChI is InChI=1S/C34H38F3N3O3/c1-21(2)30(42)43-20-33(8,19-31(3,4)5)24-16-25(32(6,7)22-12-10-9-11-13-22)29(41)28(18-24)40-38-26-15-14-23(34(35,36)37)17-27(26)39-40/h9-18,41H,1,19-20H2,2-8H3. The Balaban J connectivity index is 1.99. The molecule has 6 nitrogen and oxygen atoms in total. The van der Waals surface area contributed by atoms with Crippen molar-refractivity contribution in [2.24, 2.45) is 5.41 Å². The van der Waals surface area contributed by atoms with Gasteiger partial charge in [-0.2, -0.15) is 13.2 Å². The fourth-order valence-electron chi connectivity index (χ4n) is 5.56. The average Bonchev–Trinajstić information content (AvgIpc) is 3.34. The quantitative estimate of drug-likeness (QED) is 0.164. The molecule has 0 saturated heterocycles. The minimum Gasteiger partial charge on any atom is -0.505 e. The first-order valence-electron chi connectivity index (χ1n) is 14.0. The van der Waals surface area contributed by atoms with Crippen LogP contribution in [0.25, 0.3) is 16.7 Å². The number of halogens is 3. The number of ether oxygens (including phenoxy) is 1. The minimum atomic E-state index is -4.54. The van der Waals surface area contributed by atoms with Crippen molar-refractivity contribution in [3.8, 4) is 11.4 Å². The van der Waals surface area contributed by atoms with Crippen molar-refractivity contribution in [2.75, 3.05) is 6.61 Å². The number of rotatable bonds is 8. The van der Waals surface area contributed by atoms with Crippen LogP contribution in [0.5, 0.6) is 5.75 Å². The molecule has 0 aliphatic heterocycles. The second-order valence-corrected chi connectivity index (χ2v) is 13.2. The number of phenols is 1. The van der Waals surface area contributed by atoms with Crippen molar-refractivity contribution in [3.05, 3.63) is 95.1 Å². The zero-order valence-corrected chi connectivity index (χ0v) is 25.6. The lowest BCUT2D eigenvalue weighted by Crippen LogP contribution is -2.35. The van der Waals surface area contributed by atoms with Gasteiger partial charge in [0.15, 0.2) is 0 Å². The topological polar surface area (TPSA) is 77.2 Å². The van der Waals surface area contributed by atoms with Gasteiger partial charge < -0.3 is 9.84 Å². The summed E-state index contributed by atoms with van der Waals surface area (Å²) in [6.45, 7) is 17.5. The fraction of sp³-hybridized carbons (Fsp3) is 0.382. The van der Waals surface area contributed by atoms with E-state index in [-0.39, 0.29) is 40.1 Å². The summed E-state index contributed by atoms with van der Waals surface area (Å²) in [4.78, 5) is 13.6. The predicted octanol–water partition coefficient (Wildman–Crippen LogP) is 8.28. The highest BCUT2D eigenvalue weighted by Crippen LogP contribution is 2.45. The molecule has 0 saturated carbocycles. The molecule has 228 valence electrons. The Kier molecular flexibility index (Phi) is 8.26. The van der Waals surface area contributed by atoms with E-state index in [4.69, 9.17) is 4.74 Å². The SMILES string of the molecule is C=C(C)C(=O)OCC(C)(CC(C)(C)C)c1cc(-n2nc3ccc(C(F)(F)F)cc3n2)c(O)c(C(C)(C)c2ccccc2)c1. The zero-order chi connectivity index (χ0) is 32.0. The summed E-state index contributed by atoms with van der Waals surface area (Å²) < 4.78 is 46.0. The third-order valence-corrected chi connectivity index (χ3v) is 7.67. The second kappa shape index (κ2) is 11.2. The molecule has 4 rings (SSSR count). The minimum absolute atomic E-state index is 0.0365. The van der Waals surface area contributed by atoms with Gasteiger partial charge in [-0.1, -0.05) is 84.5 Å². The highest BCUT2D eigenvalue weighted by Gasteiger charge is 2.38. The summed E-state index contributed by atoms with van der Waals surface area (Å²) >= 11 is 0. The highest BCUT2D eigenvalue weighted by molar-refractivity contribution is 5.87. The number of carbonyl (C=O) groups is 1. The summed E-state index contributed by atoms with van der Waals surface area (Å²) in [6.07, 6.45) is -3.94. The van der Waals surface area contributed by atoms with Crippen LogP contribution in [0.1, 0.15) is 77.1 Å². The van der Waals surface area contributed by atoms with E-state index in [1.807, 2.05) is 57.2 Å². The summed E-state index contributed by atoms with van der Waals surface area (Å²) in [7, 11) is 0. The van der Waals surface area contributed by atoms with Crippen molar-refractivity contribution >= 4 is 17.0 Å². The Morgan fingerprint density at radius 1 is 0.884 bits per heavy atom. The first kappa shape index (κ1) is 31.8. The van der Waals surface area contributed by atoms with Crippen molar-refractivity contribution in [2.45, 2.75) is 71.9 Å². The number of esters is 1. The van der Waals surface area contributed by atoms with E-state index in [1.165, 1.54) is 10.9 Å². The molecule has 0 aliphatic rings. The van der Waals surface area contributed by atoms with Crippen LogP contribution in [0.15, 0.2) is 72.8 Å². The van der Waals surface area contributed by atoms with Crippen molar-refractivity contribution < 1.29 is 27.8 Å². The number of carbonyl (C=O) groups excluding carboxylic acids is 1. The van der Waals surface area contributed by atoms with E-state index in [9.17, 15) is 23.1 Å².